The fourth-order valence-electron chi connectivity index (χ4n) is 3.62. The van der Waals surface area contributed by atoms with E-state index in [0.29, 0.717) is 11.7 Å². The summed E-state index contributed by atoms with van der Waals surface area (Å²) in [4.78, 5) is 3.37. The lowest BCUT2D eigenvalue weighted by molar-refractivity contribution is 0.766. The van der Waals surface area contributed by atoms with Crippen LogP contribution in [0.1, 0.15) is 22.6 Å². The first kappa shape index (κ1) is 19.5. The molecule has 146 valence electrons. The van der Waals surface area contributed by atoms with E-state index in [2.05, 4.69) is 65.1 Å². The molecule has 5 heteroatoms. The van der Waals surface area contributed by atoms with Gasteiger partial charge in [0.2, 0.25) is 0 Å². The first-order valence-electron chi connectivity index (χ1n) is 9.54. The lowest BCUT2D eigenvalue weighted by Crippen LogP contribution is -2.32. The Morgan fingerprint density at radius 1 is 1.00 bits per heavy atom. The van der Waals surface area contributed by atoms with Gasteiger partial charge in [0.1, 0.15) is 0 Å². The van der Waals surface area contributed by atoms with E-state index >= 15 is 0 Å². The summed E-state index contributed by atoms with van der Waals surface area (Å²) in [6.45, 7) is 2.69. The maximum absolute atomic E-state index is 6.56. The Morgan fingerprint density at radius 2 is 1.79 bits per heavy atom. The number of anilines is 1. The average Bonchev–Trinajstić information content (AvgIpc) is 3.13. The number of H-pyrrole nitrogens is 1. The number of aryl methyl sites for hydroxylation is 1. The van der Waals surface area contributed by atoms with E-state index in [1.807, 2.05) is 36.4 Å². The number of fused-ring (bicyclic) bond motifs is 1. The van der Waals surface area contributed by atoms with E-state index in [1.165, 1.54) is 16.5 Å². The molecule has 0 aliphatic rings. The van der Waals surface area contributed by atoms with Crippen molar-refractivity contribution in [2.45, 2.75) is 12.8 Å². The number of nitrogens with one attached hydrogen (secondary N) is 3. The van der Waals surface area contributed by atoms with Crippen molar-refractivity contribution >= 4 is 45.5 Å². The van der Waals surface area contributed by atoms with Crippen molar-refractivity contribution in [3.63, 3.8) is 0 Å². The van der Waals surface area contributed by atoms with Crippen LogP contribution in [0.3, 0.4) is 0 Å². The lowest BCUT2D eigenvalue weighted by Gasteiger charge is -2.21. The van der Waals surface area contributed by atoms with E-state index in [1.54, 1.807) is 0 Å². The number of hydrogen-bond acceptors (Lipinski definition) is 1. The molecule has 0 aliphatic heterocycles. The molecule has 1 heterocycles. The summed E-state index contributed by atoms with van der Waals surface area (Å²) in [7, 11) is 0. The van der Waals surface area contributed by atoms with Gasteiger partial charge in [-0.25, -0.2) is 0 Å². The van der Waals surface area contributed by atoms with Gasteiger partial charge in [-0.2, -0.15) is 0 Å². The van der Waals surface area contributed by atoms with Crippen LogP contribution in [-0.2, 0) is 0 Å². The molecule has 3 nitrogen and oxygen atoms in total. The van der Waals surface area contributed by atoms with E-state index in [0.717, 1.165) is 21.8 Å². The molecule has 0 radical (unpaired) electrons. The van der Waals surface area contributed by atoms with Gasteiger partial charge in [0.05, 0.1) is 0 Å². The van der Waals surface area contributed by atoms with Crippen LogP contribution < -0.4 is 10.6 Å². The molecule has 4 rings (SSSR count). The zero-order valence-electron chi connectivity index (χ0n) is 16.1. The van der Waals surface area contributed by atoms with E-state index in [4.69, 9.17) is 23.8 Å². The smallest absolute Gasteiger partial charge is 0.170 e. The van der Waals surface area contributed by atoms with Crippen LogP contribution in [0.15, 0.2) is 79.0 Å². The zero-order valence-corrected chi connectivity index (χ0v) is 17.6. The van der Waals surface area contributed by atoms with Crippen molar-refractivity contribution in [3.8, 4) is 0 Å². The van der Waals surface area contributed by atoms with Gasteiger partial charge in [-0.05, 0) is 60.1 Å². The maximum Gasteiger partial charge on any atom is 0.170 e. The molecule has 0 fully saturated rings. The van der Waals surface area contributed by atoms with Crippen molar-refractivity contribution < 1.29 is 0 Å². The molecule has 0 spiro atoms. The minimum Gasteiger partial charge on any atom is -0.361 e. The highest BCUT2D eigenvalue weighted by atomic mass is 35.5. The summed E-state index contributed by atoms with van der Waals surface area (Å²) in [5.74, 6) is 0.0529. The second-order valence-electron chi connectivity index (χ2n) is 7.07. The molecule has 0 saturated carbocycles. The summed E-state index contributed by atoms with van der Waals surface area (Å²) < 4.78 is 0. The van der Waals surface area contributed by atoms with Crippen LogP contribution in [0.2, 0.25) is 5.02 Å². The molecular weight excluding hydrogens is 398 g/mol. The number of aromatic amines is 1. The Balaban J connectivity index is 1.59. The Morgan fingerprint density at radius 3 is 2.62 bits per heavy atom. The Hall–Kier alpha value is -2.82. The Labute approximate surface area is 181 Å². The molecule has 1 aromatic heterocycles. The highest BCUT2D eigenvalue weighted by Crippen LogP contribution is 2.34. The third-order valence-electron chi connectivity index (χ3n) is 5.02. The van der Waals surface area contributed by atoms with Gasteiger partial charge < -0.3 is 15.6 Å². The van der Waals surface area contributed by atoms with Gasteiger partial charge in [-0.1, -0.05) is 60.1 Å². The minimum absolute atomic E-state index is 0.0529. The zero-order chi connectivity index (χ0) is 20.2. The SMILES string of the molecule is Cc1cccc(NC(=S)NCC(c2ccccc2Cl)c2c[nH]c3ccccc23)c1. The topological polar surface area (TPSA) is 39.8 Å². The van der Waals surface area contributed by atoms with Crippen LogP contribution in [0.4, 0.5) is 5.69 Å². The number of halogens is 1. The highest BCUT2D eigenvalue weighted by Gasteiger charge is 2.20. The van der Waals surface area contributed by atoms with Crippen LogP contribution >= 0.6 is 23.8 Å². The number of thiocarbonyl (C=S) groups is 1. The van der Waals surface area contributed by atoms with Crippen molar-refractivity contribution in [1.29, 1.82) is 0 Å². The lowest BCUT2D eigenvalue weighted by atomic mass is 9.91. The Kier molecular flexibility index (Phi) is 5.84. The second kappa shape index (κ2) is 8.68. The van der Waals surface area contributed by atoms with Gasteiger partial charge in [-0.15, -0.1) is 0 Å². The number of para-hydroxylation sites is 1. The number of hydrogen-bond donors (Lipinski definition) is 3. The normalized spacial score (nSPS) is 11.9. The van der Waals surface area contributed by atoms with Crippen molar-refractivity contribution in [1.82, 2.24) is 10.3 Å². The third-order valence-corrected chi connectivity index (χ3v) is 5.61. The maximum atomic E-state index is 6.56. The summed E-state index contributed by atoms with van der Waals surface area (Å²) in [6.07, 6.45) is 2.07. The molecule has 0 saturated heterocycles. The molecule has 0 aliphatic carbocycles. The van der Waals surface area contributed by atoms with Crippen molar-refractivity contribution in [2.75, 3.05) is 11.9 Å². The monoisotopic (exact) mass is 419 g/mol. The number of rotatable bonds is 5. The first-order valence-corrected chi connectivity index (χ1v) is 10.3. The minimum atomic E-state index is 0.0529. The largest absolute Gasteiger partial charge is 0.361 e. The highest BCUT2D eigenvalue weighted by molar-refractivity contribution is 7.80. The number of aromatic nitrogens is 1. The van der Waals surface area contributed by atoms with E-state index in [9.17, 15) is 0 Å². The molecule has 4 aromatic rings. The summed E-state index contributed by atoms with van der Waals surface area (Å²) >= 11 is 12.1. The summed E-state index contributed by atoms with van der Waals surface area (Å²) in [6, 6.07) is 24.4. The van der Waals surface area contributed by atoms with Gasteiger partial charge in [0.15, 0.2) is 5.11 Å². The van der Waals surface area contributed by atoms with Gasteiger partial charge in [-0.3, -0.25) is 0 Å². The fraction of sp³-hybridized carbons (Fsp3) is 0.125. The van der Waals surface area contributed by atoms with Crippen molar-refractivity contribution in [3.05, 3.63) is 101 Å². The Bertz CT molecular complexity index is 1150. The van der Waals surface area contributed by atoms with Gasteiger partial charge in [0.25, 0.3) is 0 Å². The molecule has 0 amide bonds. The second-order valence-corrected chi connectivity index (χ2v) is 7.88. The fourth-order valence-corrected chi connectivity index (χ4v) is 4.09. The molecule has 0 bridgehead atoms. The molecule has 1 unspecified atom stereocenters. The summed E-state index contributed by atoms with van der Waals surface area (Å²) in [5.41, 5.74) is 5.54. The van der Waals surface area contributed by atoms with E-state index < -0.39 is 0 Å². The summed E-state index contributed by atoms with van der Waals surface area (Å²) in [5, 5.41) is 9.18. The van der Waals surface area contributed by atoms with Gasteiger partial charge >= 0.3 is 0 Å². The third kappa shape index (κ3) is 4.44. The standard InChI is InChI=1S/C24H22ClN3S/c1-16-7-6-8-17(13-16)28-24(29)27-15-20(18-9-2-4-11-22(18)25)21-14-26-23-12-5-3-10-19(21)23/h2-14,20,26H,15H2,1H3,(H2,27,28,29). The predicted octanol–water partition coefficient (Wildman–Crippen LogP) is 6.25. The van der Waals surface area contributed by atoms with Crippen LogP contribution in [0.5, 0.6) is 0 Å². The quantitative estimate of drug-likeness (QED) is 0.335. The van der Waals surface area contributed by atoms with Crippen LogP contribution in [0.25, 0.3) is 10.9 Å². The van der Waals surface area contributed by atoms with Gasteiger partial charge in [0, 0.05) is 40.3 Å². The predicted molar refractivity (Wildman–Crippen MR) is 127 cm³/mol. The number of benzene rings is 3. The van der Waals surface area contributed by atoms with Crippen molar-refractivity contribution in [2.24, 2.45) is 0 Å². The molecular formula is C24H22ClN3S. The molecule has 1 atom stereocenters. The average molecular weight is 420 g/mol. The molecule has 3 aromatic carbocycles. The van der Waals surface area contributed by atoms with Crippen LogP contribution in [0, 0.1) is 6.92 Å². The first-order chi connectivity index (χ1) is 14.1. The van der Waals surface area contributed by atoms with Crippen LogP contribution in [-0.4, -0.2) is 16.6 Å². The van der Waals surface area contributed by atoms with E-state index in [-0.39, 0.29) is 5.92 Å². The molecule has 3 N–H and O–H groups in total. The molecule has 29 heavy (non-hydrogen) atoms.